The van der Waals surface area contributed by atoms with Crippen LogP contribution in [-0.4, -0.2) is 62.1 Å². The highest BCUT2D eigenvalue weighted by Crippen LogP contribution is 2.20. The highest BCUT2D eigenvalue weighted by atomic mass is 127. The summed E-state index contributed by atoms with van der Waals surface area (Å²) < 4.78 is 0. The standard InChI is InChI=1S/C19H39N5O.HI/c1-15-11-16(2)14-24(13-15)10-8-7-9-21-18(20-6)22-12-17(25)23-19(3,4)5;/h15-16H,7-14H2,1-6H3,(H,23,25)(H2,20,21,22);1H. The largest absolute Gasteiger partial charge is 0.356 e. The Morgan fingerprint density at radius 1 is 1.12 bits per heavy atom. The molecule has 0 aliphatic carbocycles. The van der Waals surface area contributed by atoms with E-state index in [0.717, 1.165) is 24.8 Å². The van der Waals surface area contributed by atoms with Crippen LogP contribution in [0.3, 0.4) is 0 Å². The zero-order chi connectivity index (χ0) is 18.9. The zero-order valence-corrected chi connectivity index (χ0v) is 19.9. The molecule has 0 saturated carbocycles. The third-order valence-corrected chi connectivity index (χ3v) is 4.29. The number of hydrogen-bond donors (Lipinski definition) is 3. The van der Waals surface area contributed by atoms with Crippen LogP contribution in [-0.2, 0) is 4.79 Å². The molecule has 26 heavy (non-hydrogen) atoms. The van der Waals surface area contributed by atoms with E-state index in [9.17, 15) is 4.79 Å². The molecule has 2 unspecified atom stereocenters. The molecule has 1 heterocycles. The minimum Gasteiger partial charge on any atom is -0.356 e. The number of aliphatic imine (C=N–C) groups is 1. The van der Waals surface area contributed by atoms with Gasteiger partial charge in [-0.1, -0.05) is 13.8 Å². The van der Waals surface area contributed by atoms with E-state index in [0.29, 0.717) is 5.96 Å². The molecule has 7 heteroatoms. The molecule has 1 amide bonds. The van der Waals surface area contributed by atoms with Crippen LogP contribution in [0, 0.1) is 11.8 Å². The Bertz CT molecular complexity index is 426. The lowest BCUT2D eigenvalue weighted by Gasteiger charge is -2.34. The summed E-state index contributed by atoms with van der Waals surface area (Å²) in [6.07, 6.45) is 3.66. The van der Waals surface area contributed by atoms with Crippen molar-refractivity contribution in [2.24, 2.45) is 16.8 Å². The number of piperidine rings is 1. The number of halogens is 1. The molecule has 1 saturated heterocycles. The van der Waals surface area contributed by atoms with Crippen LogP contribution < -0.4 is 16.0 Å². The Morgan fingerprint density at radius 2 is 1.73 bits per heavy atom. The monoisotopic (exact) mass is 481 g/mol. The minimum atomic E-state index is -0.209. The molecular formula is C19H40IN5O. The summed E-state index contributed by atoms with van der Waals surface area (Å²) in [7, 11) is 1.73. The van der Waals surface area contributed by atoms with Crippen LogP contribution in [0.4, 0.5) is 0 Å². The van der Waals surface area contributed by atoms with Crippen molar-refractivity contribution < 1.29 is 4.79 Å². The van der Waals surface area contributed by atoms with Gasteiger partial charge in [0, 0.05) is 32.2 Å². The van der Waals surface area contributed by atoms with E-state index in [2.05, 4.69) is 39.7 Å². The highest BCUT2D eigenvalue weighted by Gasteiger charge is 2.20. The van der Waals surface area contributed by atoms with E-state index in [4.69, 9.17) is 0 Å². The molecule has 0 radical (unpaired) electrons. The van der Waals surface area contributed by atoms with Gasteiger partial charge in [-0.15, -0.1) is 24.0 Å². The minimum absolute atomic E-state index is 0. The van der Waals surface area contributed by atoms with Crippen LogP contribution in [0.25, 0.3) is 0 Å². The van der Waals surface area contributed by atoms with Crippen LogP contribution in [0.2, 0.25) is 0 Å². The van der Waals surface area contributed by atoms with Gasteiger partial charge in [-0.3, -0.25) is 9.79 Å². The summed E-state index contributed by atoms with van der Waals surface area (Å²) in [4.78, 5) is 18.6. The second-order valence-corrected chi connectivity index (χ2v) is 8.56. The van der Waals surface area contributed by atoms with Gasteiger partial charge in [0.05, 0.1) is 6.54 Å². The number of hydrogen-bond acceptors (Lipinski definition) is 3. The molecule has 0 aromatic heterocycles. The van der Waals surface area contributed by atoms with Gasteiger partial charge in [0.2, 0.25) is 5.91 Å². The summed E-state index contributed by atoms with van der Waals surface area (Å²) in [6, 6.07) is 0. The first kappa shape index (κ1) is 25.4. The molecule has 0 bridgehead atoms. The molecule has 0 aromatic carbocycles. The quantitative estimate of drug-likeness (QED) is 0.226. The Balaban J connectivity index is 0.00000625. The van der Waals surface area contributed by atoms with Crippen molar-refractivity contribution in [1.29, 1.82) is 0 Å². The van der Waals surface area contributed by atoms with Crippen molar-refractivity contribution >= 4 is 35.8 Å². The first-order valence-electron chi connectivity index (χ1n) is 9.67. The van der Waals surface area contributed by atoms with Gasteiger partial charge in [0.25, 0.3) is 0 Å². The second kappa shape index (κ2) is 12.8. The fourth-order valence-corrected chi connectivity index (χ4v) is 3.49. The van der Waals surface area contributed by atoms with Crippen LogP contribution in [0.1, 0.15) is 53.9 Å². The average molecular weight is 481 g/mol. The molecular weight excluding hydrogens is 441 g/mol. The van der Waals surface area contributed by atoms with E-state index >= 15 is 0 Å². The van der Waals surface area contributed by atoms with Gasteiger partial charge < -0.3 is 20.9 Å². The molecule has 0 aromatic rings. The van der Waals surface area contributed by atoms with Crippen molar-refractivity contribution in [2.45, 2.75) is 59.4 Å². The maximum absolute atomic E-state index is 11.8. The van der Waals surface area contributed by atoms with Crippen LogP contribution in [0.5, 0.6) is 0 Å². The lowest BCUT2D eigenvalue weighted by molar-refractivity contribution is -0.121. The number of likely N-dealkylation sites (tertiary alicyclic amines) is 1. The molecule has 1 aliphatic heterocycles. The number of nitrogens with one attached hydrogen (secondary N) is 3. The number of carbonyl (C=O) groups excluding carboxylic acids is 1. The number of nitrogens with zero attached hydrogens (tertiary/aromatic N) is 2. The van der Waals surface area contributed by atoms with E-state index in [1.165, 1.54) is 32.5 Å². The Labute approximate surface area is 177 Å². The van der Waals surface area contributed by atoms with Gasteiger partial charge in [-0.25, -0.2) is 0 Å². The van der Waals surface area contributed by atoms with E-state index in [-0.39, 0.29) is 42.0 Å². The summed E-state index contributed by atoms with van der Waals surface area (Å²) >= 11 is 0. The summed E-state index contributed by atoms with van der Waals surface area (Å²) in [5.41, 5.74) is -0.209. The smallest absolute Gasteiger partial charge is 0.239 e. The molecule has 6 nitrogen and oxygen atoms in total. The van der Waals surface area contributed by atoms with Crippen molar-refractivity contribution in [2.75, 3.05) is 39.8 Å². The van der Waals surface area contributed by atoms with Crippen molar-refractivity contribution in [1.82, 2.24) is 20.9 Å². The van der Waals surface area contributed by atoms with Gasteiger partial charge in [0.1, 0.15) is 0 Å². The SMILES string of the molecule is CN=C(NCCCCN1CC(C)CC(C)C1)NCC(=O)NC(C)(C)C.I. The number of unbranched alkanes of at least 4 members (excludes halogenated alkanes) is 1. The van der Waals surface area contributed by atoms with Gasteiger partial charge in [0.15, 0.2) is 5.96 Å². The van der Waals surface area contributed by atoms with Crippen LogP contribution >= 0.6 is 24.0 Å². The third kappa shape index (κ3) is 11.9. The number of guanidine groups is 1. The first-order valence-corrected chi connectivity index (χ1v) is 9.67. The van der Waals surface area contributed by atoms with Crippen molar-refractivity contribution in [3.05, 3.63) is 0 Å². The lowest BCUT2D eigenvalue weighted by atomic mass is 9.92. The van der Waals surface area contributed by atoms with Gasteiger partial charge in [-0.05, 0) is 58.4 Å². The summed E-state index contributed by atoms with van der Waals surface area (Å²) in [5.74, 6) is 2.31. The van der Waals surface area contributed by atoms with Crippen molar-refractivity contribution in [3.8, 4) is 0 Å². The van der Waals surface area contributed by atoms with Gasteiger partial charge >= 0.3 is 0 Å². The molecule has 1 rings (SSSR count). The topological polar surface area (TPSA) is 68.8 Å². The third-order valence-electron chi connectivity index (χ3n) is 4.29. The molecule has 154 valence electrons. The van der Waals surface area contributed by atoms with Crippen LogP contribution in [0.15, 0.2) is 4.99 Å². The predicted octanol–water partition coefficient (Wildman–Crippen LogP) is 2.44. The maximum Gasteiger partial charge on any atom is 0.239 e. The molecule has 1 aliphatic rings. The molecule has 3 N–H and O–H groups in total. The zero-order valence-electron chi connectivity index (χ0n) is 17.5. The summed E-state index contributed by atoms with van der Waals surface area (Å²) in [6.45, 7) is 15.4. The second-order valence-electron chi connectivity index (χ2n) is 8.56. The first-order chi connectivity index (χ1) is 11.7. The Morgan fingerprint density at radius 3 is 2.27 bits per heavy atom. The molecule has 1 fully saturated rings. The Hall–Kier alpha value is -0.570. The highest BCUT2D eigenvalue weighted by molar-refractivity contribution is 14.0. The van der Waals surface area contributed by atoms with Crippen molar-refractivity contribution in [3.63, 3.8) is 0 Å². The number of carbonyl (C=O) groups is 1. The normalized spacial score (nSPS) is 21.7. The fraction of sp³-hybridized carbons (Fsp3) is 0.895. The fourth-order valence-electron chi connectivity index (χ4n) is 3.49. The maximum atomic E-state index is 11.8. The summed E-state index contributed by atoms with van der Waals surface area (Å²) in [5, 5.41) is 9.27. The number of rotatable bonds is 7. The predicted molar refractivity (Wildman–Crippen MR) is 121 cm³/mol. The van der Waals surface area contributed by atoms with E-state index in [1.54, 1.807) is 7.05 Å². The number of amides is 1. The average Bonchev–Trinajstić information content (AvgIpc) is 2.47. The lowest BCUT2D eigenvalue weighted by Crippen LogP contribution is -2.48. The molecule has 2 atom stereocenters. The van der Waals surface area contributed by atoms with E-state index in [1.807, 2.05) is 20.8 Å². The Kier molecular flexibility index (Phi) is 12.5. The van der Waals surface area contributed by atoms with Gasteiger partial charge in [-0.2, -0.15) is 0 Å². The molecule has 0 spiro atoms. The van der Waals surface area contributed by atoms with E-state index < -0.39 is 0 Å².